The lowest BCUT2D eigenvalue weighted by Gasteiger charge is -2.05. The van der Waals surface area contributed by atoms with Crippen LogP contribution in [-0.4, -0.2) is 5.91 Å². The molecule has 1 heterocycles. The Labute approximate surface area is 119 Å². The van der Waals surface area contributed by atoms with Gasteiger partial charge in [0.05, 0.1) is 4.88 Å². The first-order valence-corrected chi connectivity index (χ1v) is 7.23. The Morgan fingerprint density at radius 2 is 1.89 bits per heavy atom. The lowest BCUT2D eigenvalue weighted by molar-refractivity contribution is 0.103. The van der Waals surface area contributed by atoms with E-state index >= 15 is 0 Å². The Balaban J connectivity index is 2.18. The molecule has 18 heavy (non-hydrogen) atoms. The Kier molecular flexibility index (Phi) is 3.88. The van der Waals surface area contributed by atoms with E-state index in [0.29, 0.717) is 0 Å². The molecule has 0 atom stereocenters. The van der Waals surface area contributed by atoms with E-state index in [4.69, 9.17) is 0 Å². The van der Waals surface area contributed by atoms with Crippen molar-refractivity contribution < 1.29 is 4.79 Å². The number of hydrogen-bond acceptors (Lipinski definition) is 2. The van der Waals surface area contributed by atoms with Gasteiger partial charge in [-0.25, -0.2) is 0 Å². The average Bonchev–Trinajstić information content (AvgIpc) is 2.65. The van der Waals surface area contributed by atoms with Crippen LogP contribution in [0.1, 0.15) is 25.7 Å². The molecule has 0 saturated heterocycles. The summed E-state index contributed by atoms with van der Waals surface area (Å²) in [7, 11) is 0. The predicted octanol–water partition coefficient (Wildman–Crippen LogP) is 4.69. The van der Waals surface area contributed by atoms with E-state index in [2.05, 4.69) is 21.2 Å². The third-order valence-corrected chi connectivity index (χ3v) is 4.83. The second kappa shape index (κ2) is 5.24. The van der Waals surface area contributed by atoms with E-state index in [-0.39, 0.29) is 5.91 Å². The maximum Gasteiger partial charge on any atom is 0.265 e. The first-order chi connectivity index (χ1) is 8.47. The van der Waals surface area contributed by atoms with Crippen LogP contribution >= 0.6 is 27.3 Å². The summed E-state index contributed by atoms with van der Waals surface area (Å²) in [4.78, 5) is 14.0. The molecule has 0 saturated carbocycles. The summed E-state index contributed by atoms with van der Waals surface area (Å²) < 4.78 is 0.999. The lowest BCUT2D eigenvalue weighted by Crippen LogP contribution is -2.10. The third kappa shape index (κ3) is 2.82. The molecule has 1 amide bonds. The zero-order valence-corrected chi connectivity index (χ0v) is 12.9. The van der Waals surface area contributed by atoms with E-state index in [0.717, 1.165) is 26.2 Å². The summed E-state index contributed by atoms with van der Waals surface area (Å²) >= 11 is 4.98. The fourth-order valence-corrected chi connectivity index (χ4v) is 2.86. The molecular weight excluding hydrogens is 310 g/mol. The SMILES string of the molecule is Cc1ccc(NC(=O)c2cc(C)c(C)s2)cc1Br. The predicted molar refractivity (Wildman–Crippen MR) is 80.6 cm³/mol. The first kappa shape index (κ1) is 13.3. The molecule has 0 aliphatic carbocycles. The highest BCUT2D eigenvalue weighted by Gasteiger charge is 2.11. The van der Waals surface area contributed by atoms with Gasteiger partial charge in [0.15, 0.2) is 0 Å². The second-order valence-electron chi connectivity index (χ2n) is 4.27. The number of anilines is 1. The number of thiophene rings is 1. The van der Waals surface area contributed by atoms with Gasteiger partial charge in [0.25, 0.3) is 5.91 Å². The number of carbonyl (C=O) groups is 1. The number of amides is 1. The highest BCUT2D eigenvalue weighted by molar-refractivity contribution is 9.10. The third-order valence-electron chi connectivity index (χ3n) is 2.82. The van der Waals surface area contributed by atoms with Crippen LogP contribution in [0.5, 0.6) is 0 Å². The first-order valence-electron chi connectivity index (χ1n) is 5.62. The molecule has 0 fully saturated rings. The number of nitrogens with one attached hydrogen (secondary N) is 1. The smallest absolute Gasteiger partial charge is 0.265 e. The quantitative estimate of drug-likeness (QED) is 0.853. The molecule has 2 aromatic rings. The summed E-state index contributed by atoms with van der Waals surface area (Å²) in [6, 6.07) is 7.73. The minimum absolute atomic E-state index is 0.0491. The standard InChI is InChI=1S/C14H14BrNOS/c1-8-4-5-11(7-12(8)15)16-14(17)13-6-9(2)10(3)18-13/h4-7H,1-3H3,(H,16,17). The maximum absolute atomic E-state index is 12.1. The normalized spacial score (nSPS) is 10.4. The molecule has 0 spiro atoms. The molecular formula is C14H14BrNOS. The summed E-state index contributed by atoms with van der Waals surface area (Å²) in [6.07, 6.45) is 0. The van der Waals surface area contributed by atoms with Crippen molar-refractivity contribution in [1.82, 2.24) is 0 Å². The molecule has 0 bridgehead atoms. The van der Waals surface area contributed by atoms with E-state index in [1.54, 1.807) is 0 Å². The van der Waals surface area contributed by atoms with Gasteiger partial charge in [-0.3, -0.25) is 4.79 Å². The number of carbonyl (C=O) groups excluding carboxylic acids is 1. The minimum atomic E-state index is -0.0491. The van der Waals surface area contributed by atoms with Gasteiger partial charge < -0.3 is 5.32 Å². The van der Waals surface area contributed by atoms with Crippen LogP contribution in [0.4, 0.5) is 5.69 Å². The summed E-state index contributed by atoms with van der Waals surface area (Å²) in [5.74, 6) is -0.0491. The van der Waals surface area contributed by atoms with Crippen LogP contribution in [-0.2, 0) is 0 Å². The Bertz CT molecular complexity index is 584. The summed E-state index contributed by atoms with van der Waals surface area (Å²) in [5, 5.41) is 2.91. The maximum atomic E-state index is 12.1. The minimum Gasteiger partial charge on any atom is -0.321 e. The molecule has 2 rings (SSSR count). The second-order valence-corrected chi connectivity index (χ2v) is 6.38. The monoisotopic (exact) mass is 323 g/mol. The molecule has 4 heteroatoms. The molecule has 1 N–H and O–H groups in total. The van der Waals surface area contributed by atoms with Crippen LogP contribution in [0.15, 0.2) is 28.7 Å². The van der Waals surface area contributed by atoms with Gasteiger partial charge in [0, 0.05) is 15.0 Å². The fourth-order valence-electron chi connectivity index (χ4n) is 1.55. The summed E-state index contributed by atoms with van der Waals surface area (Å²) in [5.41, 5.74) is 3.12. The number of aryl methyl sites for hydroxylation is 3. The van der Waals surface area contributed by atoms with Crippen LogP contribution in [0, 0.1) is 20.8 Å². The average molecular weight is 324 g/mol. The molecule has 2 nitrogen and oxygen atoms in total. The largest absolute Gasteiger partial charge is 0.321 e. The number of benzene rings is 1. The van der Waals surface area contributed by atoms with Crippen molar-refractivity contribution in [3.63, 3.8) is 0 Å². The molecule has 0 unspecified atom stereocenters. The van der Waals surface area contributed by atoms with Crippen LogP contribution < -0.4 is 5.32 Å². The molecule has 0 aliphatic rings. The molecule has 1 aromatic carbocycles. The Hall–Kier alpha value is -1.13. The molecule has 1 aromatic heterocycles. The van der Waals surface area contributed by atoms with E-state index in [1.807, 2.05) is 45.0 Å². The van der Waals surface area contributed by atoms with Gasteiger partial charge >= 0.3 is 0 Å². The van der Waals surface area contributed by atoms with E-state index in [9.17, 15) is 4.79 Å². The van der Waals surface area contributed by atoms with Crippen molar-refractivity contribution in [2.45, 2.75) is 20.8 Å². The van der Waals surface area contributed by atoms with Crippen molar-refractivity contribution in [3.05, 3.63) is 49.6 Å². The Morgan fingerprint density at radius 1 is 1.17 bits per heavy atom. The van der Waals surface area contributed by atoms with Gasteiger partial charge in [0.1, 0.15) is 0 Å². The van der Waals surface area contributed by atoms with Crippen molar-refractivity contribution >= 4 is 38.9 Å². The highest BCUT2D eigenvalue weighted by Crippen LogP contribution is 2.24. The summed E-state index contributed by atoms with van der Waals surface area (Å²) in [6.45, 7) is 6.06. The van der Waals surface area contributed by atoms with Gasteiger partial charge in [0.2, 0.25) is 0 Å². The van der Waals surface area contributed by atoms with Crippen LogP contribution in [0.25, 0.3) is 0 Å². The van der Waals surface area contributed by atoms with Crippen molar-refractivity contribution in [3.8, 4) is 0 Å². The topological polar surface area (TPSA) is 29.1 Å². The van der Waals surface area contributed by atoms with Gasteiger partial charge in [-0.2, -0.15) is 0 Å². The van der Waals surface area contributed by atoms with Crippen molar-refractivity contribution in [1.29, 1.82) is 0 Å². The van der Waals surface area contributed by atoms with Crippen molar-refractivity contribution in [2.75, 3.05) is 5.32 Å². The van der Waals surface area contributed by atoms with E-state index in [1.165, 1.54) is 16.2 Å². The molecule has 0 radical (unpaired) electrons. The number of rotatable bonds is 2. The zero-order chi connectivity index (χ0) is 13.3. The molecule has 94 valence electrons. The van der Waals surface area contributed by atoms with E-state index < -0.39 is 0 Å². The zero-order valence-electron chi connectivity index (χ0n) is 10.5. The van der Waals surface area contributed by atoms with Gasteiger partial charge in [-0.15, -0.1) is 11.3 Å². The molecule has 0 aliphatic heterocycles. The van der Waals surface area contributed by atoms with Crippen LogP contribution in [0.3, 0.4) is 0 Å². The Morgan fingerprint density at radius 3 is 2.44 bits per heavy atom. The lowest BCUT2D eigenvalue weighted by atomic mass is 10.2. The van der Waals surface area contributed by atoms with Crippen molar-refractivity contribution in [2.24, 2.45) is 0 Å². The highest BCUT2D eigenvalue weighted by atomic mass is 79.9. The number of halogens is 1. The number of hydrogen-bond donors (Lipinski definition) is 1. The van der Waals surface area contributed by atoms with Crippen LogP contribution in [0.2, 0.25) is 0 Å². The van der Waals surface area contributed by atoms with Gasteiger partial charge in [-0.1, -0.05) is 22.0 Å². The van der Waals surface area contributed by atoms with Gasteiger partial charge in [-0.05, 0) is 50.1 Å². The fraction of sp³-hybridized carbons (Fsp3) is 0.214.